The van der Waals surface area contributed by atoms with Crippen molar-refractivity contribution < 1.29 is 22.7 Å². The predicted octanol–water partition coefficient (Wildman–Crippen LogP) is 4.71. The molecule has 1 aromatic carbocycles. The fourth-order valence-electron chi connectivity index (χ4n) is 3.43. The Kier molecular flexibility index (Phi) is 6.72. The highest BCUT2D eigenvalue weighted by Crippen LogP contribution is 2.34. The van der Waals surface area contributed by atoms with E-state index in [2.05, 4.69) is 26.5 Å². The second-order valence-corrected chi connectivity index (χ2v) is 8.66. The lowest BCUT2D eigenvalue weighted by Crippen LogP contribution is -2.33. The molecular formula is C23H26F3N5O2. The molecule has 0 bridgehead atoms. The largest absolute Gasteiger partial charge is 0.444 e. The van der Waals surface area contributed by atoms with Crippen LogP contribution in [0.2, 0.25) is 0 Å². The topological polar surface area (TPSA) is 79.4 Å². The molecule has 0 unspecified atom stereocenters. The lowest BCUT2D eigenvalue weighted by atomic mass is 10.0. The number of amides is 1. The number of halogens is 3. The molecular weight excluding hydrogens is 435 g/mol. The van der Waals surface area contributed by atoms with Gasteiger partial charge in [-0.1, -0.05) is 18.1 Å². The average molecular weight is 461 g/mol. The molecule has 0 saturated heterocycles. The van der Waals surface area contributed by atoms with Crippen molar-refractivity contribution in [1.29, 1.82) is 0 Å². The first kappa shape index (κ1) is 24.2. The van der Waals surface area contributed by atoms with E-state index in [0.29, 0.717) is 22.6 Å². The Hall–Kier alpha value is -3.48. The standard InChI is InChI=1S/C23H26F3N5O2/c1-6-10-27-20-29-18-13-31(21(32)33-22(3,4)5)12-16(18)19(30-20)28-11-15-8-7-9-17(14(15)2)23(24,25)26/h1,7-9H,10-13H2,2-5H3,(H2,27,28,29,30). The second kappa shape index (κ2) is 9.17. The number of carbonyl (C=O) groups excluding carboxylic acids is 1. The van der Waals surface area contributed by atoms with Crippen LogP contribution in [0.4, 0.5) is 29.7 Å². The van der Waals surface area contributed by atoms with Crippen molar-refractivity contribution >= 4 is 17.9 Å². The highest BCUT2D eigenvalue weighted by atomic mass is 19.4. The molecule has 1 aromatic heterocycles. The van der Waals surface area contributed by atoms with Crippen LogP contribution in [0.1, 0.15) is 48.7 Å². The predicted molar refractivity (Wildman–Crippen MR) is 118 cm³/mol. The van der Waals surface area contributed by atoms with E-state index in [4.69, 9.17) is 11.2 Å². The molecule has 2 aromatic rings. The number of rotatable bonds is 5. The van der Waals surface area contributed by atoms with Crippen LogP contribution in [-0.2, 0) is 30.5 Å². The number of ether oxygens (including phenoxy) is 1. The van der Waals surface area contributed by atoms with Gasteiger partial charge in [0.1, 0.15) is 11.4 Å². The summed E-state index contributed by atoms with van der Waals surface area (Å²) in [6.07, 6.45) is 0.382. The van der Waals surface area contributed by atoms with Gasteiger partial charge in [0.25, 0.3) is 0 Å². The zero-order valence-electron chi connectivity index (χ0n) is 18.9. The number of nitrogens with zero attached hydrogens (tertiary/aromatic N) is 3. The van der Waals surface area contributed by atoms with Gasteiger partial charge in [0.2, 0.25) is 5.95 Å². The maximum Gasteiger partial charge on any atom is 0.416 e. The zero-order chi connectivity index (χ0) is 24.4. The quantitative estimate of drug-likeness (QED) is 0.628. The summed E-state index contributed by atoms with van der Waals surface area (Å²) in [5.41, 5.74) is 0.582. The minimum absolute atomic E-state index is 0.111. The van der Waals surface area contributed by atoms with E-state index in [0.717, 1.165) is 6.07 Å². The Morgan fingerprint density at radius 2 is 1.94 bits per heavy atom. The van der Waals surface area contributed by atoms with E-state index in [1.807, 2.05) is 0 Å². The summed E-state index contributed by atoms with van der Waals surface area (Å²) in [6.45, 7) is 7.51. The zero-order valence-corrected chi connectivity index (χ0v) is 18.9. The Morgan fingerprint density at radius 1 is 1.21 bits per heavy atom. The number of aromatic nitrogens is 2. The molecule has 0 saturated carbocycles. The van der Waals surface area contributed by atoms with Gasteiger partial charge in [-0.3, -0.25) is 4.90 Å². The highest BCUT2D eigenvalue weighted by Gasteiger charge is 2.33. The number of terminal acetylenes is 1. The van der Waals surface area contributed by atoms with E-state index in [1.54, 1.807) is 26.8 Å². The maximum absolute atomic E-state index is 13.3. The summed E-state index contributed by atoms with van der Waals surface area (Å²) in [6, 6.07) is 4.06. The summed E-state index contributed by atoms with van der Waals surface area (Å²) in [7, 11) is 0. The van der Waals surface area contributed by atoms with Crippen molar-refractivity contribution in [2.45, 2.75) is 59.1 Å². The Morgan fingerprint density at radius 3 is 2.58 bits per heavy atom. The van der Waals surface area contributed by atoms with Gasteiger partial charge in [0, 0.05) is 12.1 Å². The number of hydrogen-bond acceptors (Lipinski definition) is 6. The van der Waals surface area contributed by atoms with Crippen LogP contribution in [0.5, 0.6) is 0 Å². The van der Waals surface area contributed by atoms with Crippen LogP contribution in [-0.4, -0.2) is 33.1 Å². The molecule has 33 heavy (non-hydrogen) atoms. The number of carbonyl (C=O) groups is 1. The van der Waals surface area contributed by atoms with Crippen molar-refractivity contribution in [1.82, 2.24) is 14.9 Å². The number of hydrogen-bond donors (Lipinski definition) is 2. The fourth-order valence-corrected chi connectivity index (χ4v) is 3.43. The Balaban J connectivity index is 1.87. The van der Waals surface area contributed by atoms with E-state index in [-0.39, 0.29) is 37.7 Å². The molecule has 2 N–H and O–H groups in total. The number of alkyl halides is 3. The van der Waals surface area contributed by atoms with E-state index in [9.17, 15) is 18.0 Å². The smallest absolute Gasteiger partial charge is 0.416 e. The minimum atomic E-state index is -4.43. The number of fused-ring (bicyclic) bond motifs is 1. The molecule has 1 aliphatic heterocycles. The molecule has 0 spiro atoms. The van der Waals surface area contributed by atoms with Crippen LogP contribution in [0.3, 0.4) is 0 Å². The molecule has 1 amide bonds. The molecule has 0 radical (unpaired) electrons. The molecule has 7 nitrogen and oxygen atoms in total. The average Bonchev–Trinajstić information content (AvgIpc) is 3.13. The monoisotopic (exact) mass is 461 g/mol. The lowest BCUT2D eigenvalue weighted by Gasteiger charge is -2.24. The van der Waals surface area contributed by atoms with Gasteiger partial charge >= 0.3 is 12.3 Å². The normalized spacial score (nSPS) is 13.3. The second-order valence-electron chi connectivity index (χ2n) is 8.66. The molecule has 2 heterocycles. The third-order valence-electron chi connectivity index (χ3n) is 4.98. The van der Waals surface area contributed by atoms with Crippen molar-refractivity contribution in [3.8, 4) is 12.3 Å². The van der Waals surface area contributed by atoms with Crippen LogP contribution >= 0.6 is 0 Å². The first-order valence-corrected chi connectivity index (χ1v) is 10.3. The number of nitrogens with one attached hydrogen (secondary N) is 2. The van der Waals surface area contributed by atoms with Gasteiger partial charge < -0.3 is 15.4 Å². The van der Waals surface area contributed by atoms with Crippen molar-refractivity contribution in [3.05, 3.63) is 46.1 Å². The van der Waals surface area contributed by atoms with Gasteiger partial charge in [-0.15, -0.1) is 6.42 Å². The molecule has 3 rings (SSSR count). The first-order valence-electron chi connectivity index (χ1n) is 10.3. The van der Waals surface area contributed by atoms with Gasteiger partial charge in [-0.05, 0) is 44.9 Å². The lowest BCUT2D eigenvalue weighted by molar-refractivity contribution is -0.138. The summed E-state index contributed by atoms with van der Waals surface area (Å²) in [5, 5.41) is 6.02. The summed E-state index contributed by atoms with van der Waals surface area (Å²) in [4.78, 5) is 22.9. The number of benzene rings is 1. The van der Waals surface area contributed by atoms with E-state index in [1.165, 1.54) is 17.9 Å². The molecule has 0 atom stereocenters. The summed E-state index contributed by atoms with van der Waals surface area (Å²) < 4.78 is 45.2. The van der Waals surface area contributed by atoms with Gasteiger partial charge in [-0.2, -0.15) is 18.2 Å². The third kappa shape index (κ3) is 5.86. The van der Waals surface area contributed by atoms with Crippen LogP contribution in [0, 0.1) is 19.3 Å². The van der Waals surface area contributed by atoms with Gasteiger partial charge in [-0.25, -0.2) is 9.78 Å². The van der Waals surface area contributed by atoms with Crippen molar-refractivity contribution in [2.24, 2.45) is 0 Å². The molecule has 176 valence electrons. The molecule has 0 fully saturated rings. The minimum Gasteiger partial charge on any atom is -0.444 e. The fraction of sp³-hybridized carbons (Fsp3) is 0.435. The summed E-state index contributed by atoms with van der Waals surface area (Å²) in [5.74, 6) is 3.12. The van der Waals surface area contributed by atoms with Crippen LogP contribution < -0.4 is 10.6 Å². The third-order valence-corrected chi connectivity index (χ3v) is 4.98. The Labute approximate surface area is 190 Å². The van der Waals surface area contributed by atoms with E-state index >= 15 is 0 Å². The van der Waals surface area contributed by atoms with Gasteiger partial charge in [0.15, 0.2) is 0 Å². The van der Waals surface area contributed by atoms with E-state index < -0.39 is 23.4 Å². The summed E-state index contributed by atoms with van der Waals surface area (Å²) >= 11 is 0. The first-order chi connectivity index (χ1) is 15.4. The van der Waals surface area contributed by atoms with Crippen LogP contribution in [0.15, 0.2) is 18.2 Å². The molecule has 10 heteroatoms. The van der Waals surface area contributed by atoms with Gasteiger partial charge in [0.05, 0.1) is 30.9 Å². The SMILES string of the molecule is C#CCNc1nc2c(c(NCc3cccc(C(F)(F)F)c3C)n1)CN(C(=O)OC(C)(C)C)C2. The highest BCUT2D eigenvalue weighted by molar-refractivity contribution is 5.70. The molecule has 0 aliphatic carbocycles. The van der Waals surface area contributed by atoms with Crippen molar-refractivity contribution in [2.75, 3.05) is 17.2 Å². The maximum atomic E-state index is 13.3. The Bertz CT molecular complexity index is 1090. The molecule has 1 aliphatic rings. The number of anilines is 2. The van der Waals surface area contributed by atoms with Crippen molar-refractivity contribution in [3.63, 3.8) is 0 Å². The van der Waals surface area contributed by atoms with Crippen LogP contribution in [0.25, 0.3) is 0 Å².